The van der Waals surface area contributed by atoms with E-state index in [0.717, 1.165) is 33.4 Å². The number of aryl methyl sites for hydroxylation is 1. The molecule has 0 bridgehead atoms. The van der Waals surface area contributed by atoms with Gasteiger partial charge in [-0.3, -0.25) is 14.7 Å². The molecule has 0 aliphatic carbocycles. The number of nitrogens with zero attached hydrogens (tertiary/aromatic N) is 5. The van der Waals surface area contributed by atoms with Gasteiger partial charge in [0.1, 0.15) is 23.5 Å². The molecule has 9 nitrogen and oxygen atoms in total. The van der Waals surface area contributed by atoms with Crippen molar-refractivity contribution in [3.05, 3.63) is 71.0 Å². The standard InChI is InChI=1S/C26H25BrN6O3/c1-31-24-7-6-20(16-22(24)30-26(31)29-19-4-2-18(27)3-5-19)36-21-8-9-28-23(17-21)25(35)33-12-10-32(11-13-33)14-15-34/h2-9,15-17H,10-14H2,1H3,(H,29,30). The van der Waals surface area contributed by atoms with E-state index < -0.39 is 0 Å². The lowest BCUT2D eigenvalue weighted by Gasteiger charge is -2.33. The maximum absolute atomic E-state index is 13.0. The monoisotopic (exact) mass is 548 g/mol. The lowest BCUT2D eigenvalue weighted by atomic mass is 10.2. The zero-order valence-electron chi connectivity index (χ0n) is 19.7. The maximum atomic E-state index is 13.0. The van der Waals surface area contributed by atoms with Gasteiger partial charge >= 0.3 is 0 Å². The maximum Gasteiger partial charge on any atom is 0.272 e. The number of aromatic nitrogens is 3. The van der Waals surface area contributed by atoms with Crippen molar-refractivity contribution >= 4 is 50.8 Å². The average Bonchev–Trinajstić information content (AvgIpc) is 3.20. The summed E-state index contributed by atoms with van der Waals surface area (Å²) in [5.74, 6) is 1.71. The molecular formula is C26H25BrN6O3. The van der Waals surface area contributed by atoms with E-state index in [1.165, 1.54) is 0 Å². The molecule has 5 rings (SSSR count). The van der Waals surface area contributed by atoms with Gasteiger partial charge in [0, 0.05) is 61.7 Å². The Labute approximate surface area is 216 Å². The molecule has 4 aromatic rings. The Morgan fingerprint density at radius 1 is 1.06 bits per heavy atom. The van der Waals surface area contributed by atoms with Gasteiger partial charge in [0.15, 0.2) is 0 Å². The van der Waals surface area contributed by atoms with Crippen LogP contribution in [0.1, 0.15) is 10.5 Å². The van der Waals surface area contributed by atoms with Crippen molar-refractivity contribution in [2.45, 2.75) is 0 Å². The van der Waals surface area contributed by atoms with Gasteiger partial charge in [-0.05, 0) is 42.5 Å². The summed E-state index contributed by atoms with van der Waals surface area (Å²) in [5.41, 5.74) is 3.01. The smallest absolute Gasteiger partial charge is 0.272 e. The molecule has 1 N–H and O–H groups in total. The first-order chi connectivity index (χ1) is 17.5. The highest BCUT2D eigenvalue weighted by Crippen LogP contribution is 2.28. The molecule has 0 unspecified atom stereocenters. The van der Waals surface area contributed by atoms with Gasteiger partial charge in [0.25, 0.3) is 5.91 Å². The van der Waals surface area contributed by atoms with Crippen LogP contribution in [0.2, 0.25) is 0 Å². The Morgan fingerprint density at radius 3 is 2.56 bits per heavy atom. The molecule has 0 atom stereocenters. The van der Waals surface area contributed by atoms with Gasteiger partial charge < -0.3 is 24.3 Å². The molecule has 184 valence electrons. The summed E-state index contributed by atoms with van der Waals surface area (Å²) >= 11 is 3.45. The Morgan fingerprint density at radius 2 is 1.81 bits per heavy atom. The first-order valence-electron chi connectivity index (χ1n) is 11.6. The van der Waals surface area contributed by atoms with Crippen LogP contribution in [0.5, 0.6) is 11.5 Å². The van der Waals surface area contributed by atoms with E-state index >= 15 is 0 Å². The van der Waals surface area contributed by atoms with Crippen molar-refractivity contribution in [3.8, 4) is 11.5 Å². The van der Waals surface area contributed by atoms with Gasteiger partial charge in [-0.2, -0.15) is 0 Å². The summed E-state index contributed by atoms with van der Waals surface area (Å²) < 4.78 is 9.06. The zero-order valence-corrected chi connectivity index (χ0v) is 21.3. The van der Waals surface area contributed by atoms with Crippen LogP contribution >= 0.6 is 15.9 Å². The third kappa shape index (κ3) is 5.24. The quantitative estimate of drug-likeness (QED) is 0.345. The molecule has 0 spiro atoms. The molecular weight excluding hydrogens is 524 g/mol. The summed E-state index contributed by atoms with van der Waals surface area (Å²) in [6.07, 6.45) is 2.46. The van der Waals surface area contributed by atoms with Crippen LogP contribution in [0.25, 0.3) is 11.0 Å². The summed E-state index contributed by atoms with van der Waals surface area (Å²) in [4.78, 5) is 36.4. The second kappa shape index (κ2) is 10.5. The number of ether oxygens (including phenoxy) is 1. The lowest BCUT2D eigenvalue weighted by molar-refractivity contribution is -0.109. The minimum atomic E-state index is -0.143. The summed E-state index contributed by atoms with van der Waals surface area (Å²) in [5, 5.41) is 3.34. The van der Waals surface area contributed by atoms with Crippen molar-refractivity contribution in [1.29, 1.82) is 0 Å². The third-order valence-corrected chi connectivity index (χ3v) is 6.66. The topological polar surface area (TPSA) is 92.6 Å². The number of benzene rings is 2. The molecule has 1 saturated heterocycles. The second-order valence-corrected chi connectivity index (χ2v) is 9.43. The number of hydrogen-bond donors (Lipinski definition) is 1. The van der Waals surface area contributed by atoms with Crippen molar-refractivity contribution < 1.29 is 14.3 Å². The van der Waals surface area contributed by atoms with Crippen LogP contribution in [0.15, 0.2) is 65.3 Å². The number of carbonyl (C=O) groups is 2. The van der Waals surface area contributed by atoms with Gasteiger partial charge in [0.05, 0.1) is 17.6 Å². The normalized spacial score (nSPS) is 14.1. The molecule has 3 heterocycles. The van der Waals surface area contributed by atoms with E-state index in [9.17, 15) is 9.59 Å². The van der Waals surface area contributed by atoms with Gasteiger partial charge in [-0.25, -0.2) is 4.98 Å². The first-order valence-corrected chi connectivity index (χ1v) is 12.4. The SMILES string of the molecule is Cn1c(Nc2ccc(Br)cc2)nc2cc(Oc3ccnc(C(=O)N4CCN(CC=O)CC4)c3)ccc21. The molecule has 36 heavy (non-hydrogen) atoms. The predicted octanol–water partition coefficient (Wildman–Crippen LogP) is 4.22. The first kappa shape index (κ1) is 24.0. The Hall–Kier alpha value is -3.76. The van der Waals surface area contributed by atoms with Crippen LogP contribution in [-0.2, 0) is 11.8 Å². The number of nitrogens with one attached hydrogen (secondary N) is 1. The van der Waals surface area contributed by atoms with Crippen molar-refractivity contribution in [3.63, 3.8) is 0 Å². The fourth-order valence-corrected chi connectivity index (χ4v) is 4.41. The van der Waals surface area contributed by atoms with Crippen LogP contribution in [-0.4, -0.2) is 69.3 Å². The Balaban J connectivity index is 1.29. The van der Waals surface area contributed by atoms with E-state index in [0.29, 0.717) is 49.9 Å². The minimum absolute atomic E-state index is 0.143. The molecule has 0 saturated carbocycles. The fourth-order valence-electron chi connectivity index (χ4n) is 4.15. The molecule has 2 aromatic carbocycles. The number of piperazine rings is 1. The summed E-state index contributed by atoms with van der Waals surface area (Å²) in [7, 11) is 1.95. The number of imidazole rings is 1. The lowest BCUT2D eigenvalue weighted by Crippen LogP contribution is -2.49. The van der Waals surface area contributed by atoms with E-state index in [1.807, 2.05) is 59.0 Å². The van der Waals surface area contributed by atoms with E-state index in [-0.39, 0.29) is 5.91 Å². The Kier molecular flexibility index (Phi) is 6.97. The number of pyridine rings is 1. The number of hydrogen-bond acceptors (Lipinski definition) is 7. The third-order valence-electron chi connectivity index (χ3n) is 6.13. The van der Waals surface area contributed by atoms with Gasteiger partial charge in [0.2, 0.25) is 5.95 Å². The van der Waals surface area contributed by atoms with Crippen LogP contribution in [0, 0.1) is 0 Å². The van der Waals surface area contributed by atoms with Crippen molar-refractivity contribution in [2.24, 2.45) is 7.05 Å². The highest BCUT2D eigenvalue weighted by molar-refractivity contribution is 9.10. The van der Waals surface area contributed by atoms with Crippen molar-refractivity contribution in [1.82, 2.24) is 24.3 Å². The number of aldehydes is 1. The predicted molar refractivity (Wildman–Crippen MR) is 141 cm³/mol. The fraction of sp³-hybridized carbons (Fsp3) is 0.231. The number of amides is 1. The van der Waals surface area contributed by atoms with E-state index in [4.69, 9.17) is 9.72 Å². The Bertz CT molecular complexity index is 1400. The number of carbonyl (C=O) groups excluding carboxylic acids is 2. The number of fused-ring (bicyclic) bond motifs is 1. The molecule has 1 aliphatic heterocycles. The van der Waals surface area contributed by atoms with Crippen LogP contribution in [0.3, 0.4) is 0 Å². The molecule has 10 heteroatoms. The molecule has 1 aliphatic rings. The van der Waals surface area contributed by atoms with E-state index in [2.05, 4.69) is 26.2 Å². The minimum Gasteiger partial charge on any atom is -0.457 e. The number of rotatable bonds is 7. The van der Waals surface area contributed by atoms with Gasteiger partial charge in [-0.1, -0.05) is 15.9 Å². The van der Waals surface area contributed by atoms with Crippen LogP contribution < -0.4 is 10.1 Å². The molecule has 0 radical (unpaired) electrons. The highest BCUT2D eigenvalue weighted by Gasteiger charge is 2.23. The largest absolute Gasteiger partial charge is 0.457 e. The average molecular weight is 549 g/mol. The van der Waals surface area contributed by atoms with Gasteiger partial charge in [-0.15, -0.1) is 0 Å². The summed E-state index contributed by atoms with van der Waals surface area (Å²) in [6, 6.07) is 17.0. The number of anilines is 2. The van der Waals surface area contributed by atoms with Crippen molar-refractivity contribution in [2.75, 3.05) is 38.0 Å². The zero-order chi connectivity index (χ0) is 25.1. The number of halogens is 1. The molecule has 1 amide bonds. The van der Waals surface area contributed by atoms with E-state index in [1.54, 1.807) is 23.2 Å². The van der Waals surface area contributed by atoms with Crippen LogP contribution in [0.4, 0.5) is 11.6 Å². The molecule has 2 aromatic heterocycles. The summed E-state index contributed by atoms with van der Waals surface area (Å²) in [6.45, 7) is 2.86. The second-order valence-electron chi connectivity index (χ2n) is 8.52. The molecule has 1 fully saturated rings. The highest BCUT2D eigenvalue weighted by atomic mass is 79.9.